The number of fused-ring (bicyclic) bond motifs is 1. The largest absolute Gasteiger partial charge is 0.497 e. The second-order valence-corrected chi connectivity index (χ2v) is 8.59. The highest BCUT2D eigenvalue weighted by Gasteiger charge is 2.57. The van der Waals surface area contributed by atoms with Crippen LogP contribution in [-0.4, -0.2) is 69.6 Å². The van der Waals surface area contributed by atoms with Crippen LogP contribution in [0.2, 0.25) is 0 Å². The summed E-state index contributed by atoms with van der Waals surface area (Å²) in [4.78, 5) is 13.4. The van der Waals surface area contributed by atoms with Gasteiger partial charge in [-0.1, -0.05) is 18.2 Å². The van der Waals surface area contributed by atoms with E-state index < -0.39 is 11.4 Å². The van der Waals surface area contributed by atoms with Gasteiger partial charge in [-0.3, -0.25) is 4.79 Å². The van der Waals surface area contributed by atoms with Gasteiger partial charge in [0.15, 0.2) is 11.4 Å². The highest BCUT2D eigenvalue weighted by Crippen LogP contribution is 2.44. The number of hydrogen-bond donors (Lipinski definition) is 1. The molecule has 1 aromatic carbocycles. The Labute approximate surface area is 190 Å². The third-order valence-corrected chi connectivity index (χ3v) is 5.73. The molecule has 2 aliphatic rings. The molecule has 1 aliphatic heterocycles. The number of amides is 1. The lowest BCUT2D eigenvalue weighted by atomic mass is 9.78. The molecule has 1 saturated carbocycles. The molecule has 2 fully saturated rings. The number of carbonyl (C=O) groups is 1. The lowest BCUT2D eigenvalue weighted by Gasteiger charge is -2.43. The summed E-state index contributed by atoms with van der Waals surface area (Å²) in [5.74, 6) is -0.244. The standard InChI is InChI=1S/C24H35NO7/c1-6-11-29-19-14-24(22(26)25-10-12-27-4,15-20-21(19)32-23(2,3)31-20)30-16-17-8-7-9-18(13-17)28-5/h6-9,13,19-21H,1,10-12,14-16H2,2-5H3,(H,25,26)/t19-,20+,21-,24+/m0/s1. The summed E-state index contributed by atoms with van der Waals surface area (Å²) < 4.78 is 35.1. The Hall–Kier alpha value is -1.97. The van der Waals surface area contributed by atoms with E-state index in [-0.39, 0.29) is 30.8 Å². The zero-order valence-corrected chi connectivity index (χ0v) is 19.4. The Morgan fingerprint density at radius 3 is 2.81 bits per heavy atom. The van der Waals surface area contributed by atoms with Gasteiger partial charge in [0, 0.05) is 26.5 Å². The van der Waals surface area contributed by atoms with Crippen LogP contribution in [0.25, 0.3) is 0 Å². The summed E-state index contributed by atoms with van der Waals surface area (Å²) in [6.45, 7) is 8.85. The molecule has 178 valence electrons. The van der Waals surface area contributed by atoms with Crippen LogP contribution < -0.4 is 10.1 Å². The fourth-order valence-electron chi connectivity index (χ4n) is 4.31. The van der Waals surface area contributed by atoms with E-state index in [1.54, 1.807) is 20.3 Å². The maximum atomic E-state index is 13.4. The molecule has 0 unspecified atom stereocenters. The monoisotopic (exact) mass is 449 g/mol. The molecule has 4 atom stereocenters. The van der Waals surface area contributed by atoms with Crippen molar-refractivity contribution >= 4 is 5.91 Å². The van der Waals surface area contributed by atoms with Crippen molar-refractivity contribution < 1.29 is 33.2 Å². The van der Waals surface area contributed by atoms with Crippen molar-refractivity contribution in [2.75, 3.05) is 34.0 Å². The minimum atomic E-state index is -1.15. The molecule has 0 bridgehead atoms. The van der Waals surface area contributed by atoms with Crippen molar-refractivity contribution in [3.8, 4) is 5.75 Å². The van der Waals surface area contributed by atoms with Crippen molar-refractivity contribution in [3.63, 3.8) is 0 Å². The lowest BCUT2D eigenvalue weighted by molar-refractivity contribution is -0.180. The Morgan fingerprint density at radius 1 is 1.28 bits per heavy atom. The number of ether oxygens (including phenoxy) is 6. The summed E-state index contributed by atoms with van der Waals surface area (Å²) in [5.41, 5.74) is -0.240. The molecular formula is C24H35NO7. The molecule has 3 rings (SSSR count). The van der Waals surface area contributed by atoms with Gasteiger partial charge >= 0.3 is 0 Å². The predicted octanol–water partition coefficient (Wildman–Crippen LogP) is 2.60. The highest BCUT2D eigenvalue weighted by atomic mass is 16.8. The topological polar surface area (TPSA) is 84.5 Å². The molecule has 8 heteroatoms. The zero-order chi connectivity index (χ0) is 23.2. The SMILES string of the molecule is C=CCO[C@H]1C[C@](OCc2cccc(OC)c2)(C(=O)NCCOC)C[C@H]2OC(C)(C)O[C@@H]12. The summed E-state index contributed by atoms with van der Waals surface area (Å²) >= 11 is 0. The first-order valence-electron chi connectivity index (χ1n) is 10.9. The van der Waals surface area contributed by atoms with E-state index in [1.807, 2.05) is 38.1 Å². The van der Waals surface area contributed by atoms with E-state index in [2.05, 4.69) is 11.9 Å². The molecule has 0 radical (unpaired) electrons. The first kappa shape index (κ1) is 24.7. The maximum Gasteiger partial charge on any atom is 0.252 e. The summed E-state index contributed by atoms with van der Waals surface area (Å²) in [7, 11) is 3.21. The number of methoxy groups -OCH3 is 2. The Balaban J connectivity index is 1.85. The van der Waals surface area contributed by atoms with E-state index in [9.17, 15) is 4.79 Å². The molecule has 1 heterocycles. The molecule has 1 saturated heterocycles. The average Bonchev–Trinajstić information content (AvgIpc) is 3.10. The Bertz CT molecular complexity index is 783. The molecular weight excluding hydrogens is 414 g/mol. The number of carbonyl (C=O) groups excluding carboxylic acids is 1. The molecule has 1 aromatic rings. The molecule has 8 nitrogen and oxygen atoms in total. The van der Waals surface area contributed by atoms with Gasteiger partial charge in [0.2, 0.25) is 0 Å². The predicted molar refractivity (Wildman–Crippen MR) is 118 cm³/mol. The van der Waals surface area contributed by atoms with E-state index in [0.29, 0.717) is 32.6 Å². The van der Waals surface area contributed by atoms with Crippen molar-refractivity contribution in [1.29, 1.82) is 0 Å². The molecule has 0 spiro atoms. The third kappa shape index (κ3) is 5.88. The maximum absolute atomic E-state index is 13.4. The van der Waals surface area contributed by atoms with Crippen LogP contribution in [0.4, 0.5) is 0 Å². The average molecular weight is 450 g/mol. The molecule has 1 aliphatic carbocycles. The van der Waals surface area contributed by atoms with Gasteiger partial charge in [0.1, 0.15) is 11.9 Å². The minimum absolute atomic E-state index is 0.212. The minimum Gasteiger partial charge on any atom is -0.497 e. The fourth-order valence-corrected chi connectivity index (χ4v) is 4.31. The van der Waals surface area contributed by atoms with Crippen LogP contribution in [0.1, 0.15) is 32.3 Å². The smallest absolute Gasteiger partial charge is 0.252 e. The molecule has 1 N–H and O–H groups in total. The van der Waals surface area contributed by atoms with Gasteiger partial charge in [-0.15, -0.1) is 6.58 Å². The highest BCUT2D eigenvalue weighted by molar-refractivity contribution is 5.85. The summed E-state index contributed by atoms with van der Waals surface area (Å²) in [6, 6.07) is 7.60. The second kappa shape index (κ2) is 10.8. The van der Waals surface area contributed by atoms with Crippen LogP contribution in [0.5, 0.6) is 5.75 Å². The van der Waals surface area contributed by atoms with Gasteiger partial charge in [-0.05, 0) is 31.5 Å². The fraction of sp³-hybridized carbons (Fsp3) is 0.625. The van der Waals surface area contributed by atoms with Crippen LogP contribution in [0.15, 0.2) is 36.9 Å². The van der Waals surface area contributed by atoms with Gasteiger partial charge in [-0.2, -0.15) is 0 Å². The van der Waals surface area contributed by atoms with E-state index in [1.165, 1.54) is 0 Å². The van der Waals surface area contributed by atoms with Gasteiger partial charge in [-0.25, -0.2) is 0 Å². The number of benzene rings is 1. The van der Waals surface area contributed by atoms with Crippen LogP contribution in [0.3, 0.4) is 0 Å². The lowest BCUT2D eigenvalue weighted by Crippen LogP contribution is -2.60. The quantitative estimate of drug-likeness (QED) is 0.411. The van der Waals surface area contributed by atoms with Crippen LogP contribution in [-0.2, 0) is 35.1 Å². The Kier molecular flexibility index (Phi) is 8.30. The summed E-state index contributed by atoms with van der Waals surface area (Å²) in [5, 5.41) is 2.94. The number of nitrogens with one attached hydrogen (secondary N) is 1. The first-order valence-corrected chi connectivity index (χ1v) is 10.9. The van der Waals surface area contributed by atoms with Crippen molar-refractivity contribution in [2.24, 2.45) is 0 Å². The summed E-state index contributed by atoms with van der Waals surface area (Å²) in [6.07, 6.45) is 1.37. The van der Waals surface area contributed by atoms with Crippen molar-refractivity contribution in [1.82, 2.24) is 5.32 Å². The van der Waals surface area contributed by atoms with Crippen molar-refractivity contribution in [3.05, 3.63) is 42.5 Å². The van der Waals surface area contributed by atoms with Gasteiger partial charge in [0.05, 0.1) is 39.1 Å². The van der Waals surface area contributed by atoms with Gasteiger partial charge < -0.3 is 33.7 Å². The zero-order valence-electron chi connectivity index (χ0n) is 19.4. The van der Waals surface area contributed by atoms with E-state index in [0.717, 1.165) is 11.3 Å². The van der Waals surface area contributed by atoms with Crippen LogP contribution in [0, 0.1) is 0 Å². The molecule has 0 aromatic heterocycles. The Morgan fingerprint density at radius 2 is 2.09 bits per heavy atom. The first-order chi connectivity index (χ1) is 15.3. The van der Waals surface area contributed by atoms with Crippen molar-refractivity contribution in [2.45, 2.75) is 63.0 Å². The molecule has 1 amide bonds. The number of hydrogen-bond acceptors (Lipinski definition) is 7. The third-order valence-electron chi connectivity index (χ3n) is 5.73. The molecule has 32 heavy (non-hydrogen) atoms. The van der Waals surface area contributed by atoms with Crippen LogP contribution >= 0.6 is 0 Å². The number of rotatable bonds is 11. The second-order valence-electron chi connectivity index (χ2n) is 8.59. The van der Waals surface area contributed by atoms with E-state index in [4.69, 9.17) is 28.4 Å². The van der Waals surface area contributed by atoms with Gasteiger partial charge in [0.25, 0.3) is 5.91 Å². The normalized spacial score (nSPS) is 28.7. The van der Waals surface area contributed by atoms with E-state index >= 15 is 0 Å².